The van der Waals surface area contributed by atoms with Crippen LogP contribution >= 0.6 is 0 Å². The molecule has 278 valence electrons. The number of nitrogens with zero attached hydrogens (tertiary/aromatic N) is 3. The van der Waals surface area contributed by atoms with Crippen LogP contribution in [0.2, 0.25) is 0 Å². The van der Waals surface area contributed by atoms with Gasteiger partial charge in [-0.15, -0.1) is 0 Å². The van der Waals surface area contributed by atoms with Crippen LogP contribution in [0.1, 0.15) is 130 Å². The van der Waals surface area contributed by atoms with E-state index in [9.17, 15) is 15.3 Å². The number of rotatable bonds is 23. The molecule has 3 fully saturated rings. The third kappa shape index (κ3) is 15.7. The molecule has 47 heavy (non-hydrogen) atoms. The van der Waals surface area contributed by atoms with E-state index in [4.69, 9.17) is 0 Å². The van der Waals surface area contributed by atoms with E-state index >= 15 is 0 Å². The lowest BCUT2D eigenvalue weighted by molar-refractivity contribution is -1.00. The second-order valence-electron chi connectivity index (χ2n) is 17.8. The van der Waals surface area contributed by atoms with Gasteiger partial charge >= 0.3 is 0 Å². The monoisotopic (exact) mass is 668 g/mol. The van der Waals surface area contributed by atoms with Crippen molar-refractivity contribution in [2.45, 2.75) is 149 Å². The summed E-state index contributed by atoms with van der Waals surface area (Å²) >= 11 is 0. The molecule has 3 aliphatic rings. The number of likely N-dealkylation sites (N-methyl/N-ethyl adjacent to an activating group) is 1. The van der Waals surface area contributed by atoms with E-state index in [0.717, 1.165) is 66.0 Å². The minimum absolute atomic E-state index is 0.299. The Morgan fingerprint density at radius 2 is 0.957 bits per heavy atom. The Kier molecular flexibility index (Phi) is 18.5. The molecule has 0 heterocycles. The molecular weight excluding hydrogens is 584 g/mol. The van der Waals surface area contributed by atoms with Crippen LogP contribution in [0.3, 0.4) is 0 Å². The molecule has 3 saturated carbocycles. The first kappa shape index (κ1) is 41.1. The maximum absolute atomic E-state index is 10.9. The highest BCUT2D eigenvalue weighted by Crippen LogP contribution is 2.31. The highest BCUT2D eigenvalue weighted by molar-refractivity contribution is 4.71. The second kappa shape index (κ2) is 21.2. The molecule has 0 bridgehead atoms. The van der Waals surface area contributed by atoms with Crippen molar-refractivity contribution < 1.29 is 28.8 Å². The van der Waals surface area contributed by atoms with Gasteiger partial charge in [-0.25, -0.2) is 0 Å². The summed E-state index contributed by atoms with van der Waals surface area (Å²) in [5, 5.41) is 35.3. The number of aliphatic hydroxyl groups is 3. The number of hydrogen-bond acceptors (Lipinski definition) is 4. The predicted molar refractivity (Wildman–Crippen MR) is 198 cm³/mol. The van der Waals surface area contributed by atoms with Gasteiger partial charge in [0.25, 0.3) is 0 Å². The van der Waals surface area contributed by atoms with Crippen molar-refractivity contribution in [3.05, 3.63) is 0 Å². The van der Waals surface area contributed by atoms with Gasteiger partial charge in [-0.05, 0) is 65.7 Å². The summed E-state index contributed by atoms with van der Waals surface area (Å²) in [4.78, 5) is 0. The zero-order chi connectivity index (χ0) is 34.2. The van der Waals surface area contributed by atoms with Gasteiger partial charge in [0.2, 0.25) is 0 Å². The molecule has 0 amide bonds. The number of nitrogens with one attached hydrogen (secondary N) is 1. The highest BCUT2D eigenvalue weighted by atomic mass is 16.3. The van der Waals surface area contributed by atoms with Crippen LogP contribution in [0.15, 0.2) is 0 Å². The lowest BCUT2D eigenvalue weighted by atomic mass is 9.87. The van der Waals surface area contributed by atoms with Crippen LogP contribution in [0.4, 0.5) is 0 Å². The molecule has 7 nitrogen and oxygen atoms in total. The fourth-order valence-electron chi connectivity index (χ4n) is 10.4. The normalized spacial score (nSPS) is 25.0. The molecular formula is C40H83N4O3+3. The summed E-state index contributed by atoms with van der Waals surface area (Å²) in [5.41, 5.74) is 0. The lowest BCUT2D eigenvalue weighted by Gasteiger charge is -2.48. The van der Waals surface area contributed by atoms with Crippen molar-refractivity contribution >= 4 is 0 Å². The van der Waals surface area contributed by atoms with Crippen LogP contribution in [0.5, 0.6) is 0 Å². The highest BCUT2D eigenvalue weighted by Gasteiger charge is 2.41. The molecule has 5 atom stereocenters. The van der Waals surface area contributed by atoms with Gasteiger partial charge in [0.15, 0.2) is 0 Å². The molecule has 3 aliphatic carbocycles. The molecule has 3 rings (SSSR count). The van der Waals surface area contributed by atoms with Crippen LogP contribution in [0, 0.1) is 17.8 Å². The summed E-state index contributed by atoms with van der Waals surface area (Å²) in [6, 6.07) is 0. The second-order valence-corrected chi connectivity index (χ2v) is 17.8. The van der Waals surface area contributed by atoms with E-state index < -0.39 is 0 Å². The molecule has 0 radical (unpaired) electrons. The first-order valence-corrected chi connectivity index (χ1v) is 20.7. The Labute approximate surface area is 292 Å². The standard InChI is InChI=1S/C40H83N4O3/c1-6-23-43(33-39-18-12-8-13-19-39,26-25-42(5,24-22-41-29-35(2)45)32-38-16-10-7-11-17-38)27-28-44(30-36(3)46,31-37(4)47)34-40-20-14-9-15-21-40/h35-41,45-47H,6-34H2,1-5H3/q+3. The van der Waals surface area contributed by atoms with Gasteiger partial charge in [0.05, 0.1) is 45.9 Å². The number of hydrogen-bond donors (Lipinski definition) is 4. The summed E-state index contributed by atoms with van der Waals surface area (Å²) < 4.78 is 3.23. The first-order valence-electron chi connectivity index (χ1n) is 20.7. The van der Waals surface area contributed by atoms with E-state index in [2.05, 4.69) is 19.3 Å². The molecule has 0 aromatic heterocycles. The van der Waals surface area contributed by atoms with E-state index in [0.29, 0.717) is 6.54 Å². The maximum Gasteiger partial charge on any atom is 0.129 e. The maximum atomic E-state index is 10.9. The average Bonchev–Trinajstić information content (AvgIpc) is 3.02. The van der Waals surface area contributed by atoms with E-state index in [1.807, 2.05) is 20.8 Å². The number of quaternary nitrogens is 3. The molecule has 7 heteroatoms. The van der Waals surface area contributed by atoms with Crippen LogP contribution in [-0.4, -0.2) is 139 Å². The Bertz CT molecular complexity index is 797. The topological polar surface area (TPSA) is 72.7 Å². The lowest BCUT2D eigenvalue weighted by Crippen LogP contribution is -2.65. The molecule has 0 saturated heterocycles. The van der Waals surface area contributed by atoms with Crippen LogP contribution < -0.4 is 5.32 Å². The quantitative estimate of drug-likeness (QED) is 0.0804. The third-order valence-corrected chi connectivity index (χ3v) is 12.6. The van der Waals surface area contributed by atoms with Gasteiger partial charge in [0, 0.05) is 30.8 Å². The Hall–Kier alpha value is -0.280. The van der Waals surface area contributed by atoms with Crippen molar-refractivity contribution in [3.63, 3.8) is 0 Å². The zero-order valence-electron chi connectivity index (χ0n) is 32.2. The molecule has 5 unspecified atom stereocenters. The van der Waals surface area contributed by atoms with Crippen molar-refractivity contribution in [2.24, 2.45) is 17.8 Å². The van der Waals surface area contributed by atoms with Gasteiger partial charge in [0.1, 0.15) is 51.5 Å². The van der Waals surface area contributed by atoms with Gasteiger partial charge in [-0.1, -0.05) is 64.7 Å². The Balaban J connectivity index is 1.88. The minimum Gasteiger partial charge on any atom is -0.392 e. The van der Waals surface area contributed by atoms with Crippen molar-refractivity contribution in [2.75, 3.05) is 92.1 Å². The third-order valence-electron chi connectivity index (χ3n) is 12.6. The minimum atomic E-state index is -0.353. The SMILES string of the molecule is CCC[N+](CC[N+](C)(CCNCC(C)O)CC1CCCCC1)(CC[N+](CC(C)O)(CC(C)O)CC1CCCCC1)CC1CCCCC1. The molecule has 0 aromatic rings. The van der Waals surface area contributed by atoms with Crippen LogP contribution in [-0.2, 0) is 0 Å². The summed E-state index contributed by atoms with van der Waals surface area (Å²) in [7, 11) is 2.55. The van der Waals surface area contributed by atoms with Crippen molar-refractivity contribution in [1.82, 2.24) is 5.32 Å². The first-order chi connectivity index (χ1) is 22.5. The summed E-state index contributed by atoms with van der Waals surface area (Å²) in [6.45, 7) is 22.2. The van der Waals surface area contributed by atoms with Crippen molar-refractivity contribution in [3.8, 4) is 0 Å². The van der Waals surface area contributed by atoms with Gasteiger partial charge in [-0.3, -0.25) is 0 Å². The van der Waals surface area contributed by atoms with Crippen LogP contribution in [0.25, 0.3) is 0 Å². The smallest absolute Gasteiger partial charge is 0.129 e. The van der Waals surface area contributed by atoms with Gasteiger partial charge < -0.3 is 34.1 Å². The predicted octanol–water partition coefficient (Wildman–Crippen LogP) is 5.95. The molecule has 4 N–H and O–H groups in total. The number of aliphatic hydroxyl groups excluding tert-OH is 3. The summed E-state index contributed by atoms with van der Waals surface area (Å²) in [6.07, 6.45) is 20.9. The van der Waals surface area contributed by atoms with E-state index in [-0.39, 0.29) is 18.3 Å². The zero-order valence-corrected chi connectivity index (χ0v) is 32.2. The van der Waals surface area contributed by atoms with Gasteiger partial charge in [-0.2, -0.15) is 0 Å². The molecule has 0 spiro atoms. The van der Waals surface area contributed by atoms with Crippen molar-refractivity contribution in [1.29, 1.82) is 0 Å². The average molecular weight is 668 g/mol. The largest absolute Gasteiger partial charge is 0.392 e. The Morgan fingerprint density at radius 1 is 0.532 bits per heavy atom. The fraction of sp³-hybridized carbons (Fsp3) is 1.00. The molecule has 0 aliphatic heterocycles. The fourth-order valence-corrected chi connectivity index (χ4v) is 10.4. The Morgan fingerprint density at radius 3 is 1.40 bits per heavy atom. The summed E-state index contributed by atoms with van der Waals surface area (Å²) in [5.74, 6) is 2.39. The molecule has 0 aromatic carbocycles. The van der Waals surface area contributed by atoms with E-state index in [1.165, 1.54) is 146 Å². The van der Waals surface area contributed by atoms with E-state index in [1.54, 1.807) is 0 Å².